The van der Waals surface area contributed by atoms with E-state index in [1.807, 2.05) is 6.07 Å². The lowest BCUT2D eigenvalue weighted by molar-refractivity contribution is 0.130. The third-order valence-electron chi connectivity index (χ3n) is 3.46. The number of anilines is 1. The second-order valence-corrected chi connectivity index (χ2v) is 4.85. The van der Waals surface area contributed by atoms with Crippen LogP contribution >= 0.6 is 0 Å². The zero-order valence-corrected chi connectivity index (χ0v) is 10.8. The molecule has 5 nitrogen and oxygen atoms in total. The van der Waals surface area contributed by atoms with Crippen molar-refractivity contribution in [1.82, 2.24) is 4.90 Å². The standard InChI is InChI=1S/C14H17N3O2/c1-10(18)12-6-7-17(9-12)14(19)16-13-4-2-11(8-15)3-5-13/h2-5,10,12,18H,6-7,9H2,1H3,(H,16,19). The third kappa shape index (κ3) is 3.24. The van der Waals surface area contributed by atoms with Crippen LogP contribution in [0.1, 0.15) is 18.9 Å². The first-order valence-corrected chi connectivity index (χ1v) is 6.34. The lowest BCUT2D eigenvalue weighted by atomic mass is 10.0. The van der Waals surface area contributed by atoms with E-state index in [-0.39, 0.29) is 18.1 Å². The number of likely N-dealkylation sites (tertiary alicyclic amines) is 1. The summed E-state index contributed by atoms with van der Waals surface area (Å²) >= 11 is 0. The number of hydrogen-bond donors (Lipinski definition) is 2. The molecule has 2 rings (SSSR count). The zero-order valence-electron chi connectivity index (χ0n) is 10.8. The Hall–Kier alpha value is -2.06. The molecule has 0 aliphatic carbocycles. The van der Waals surface area contributed by atoms with Gasteiger partial charge < -0.3 is 15.3 Å². The molecule has 0 radical (unpaired) electrons. The monoisotopic (exact) mass is 259 g/mol. The van der Waals surface area contributed by atoms with E-state index in [9.17, 15) is 9.90 Å². The Bertz CT molecular complexity index is 490. The van der Waals surface area contributed by atoms with Gasteiger partial charge in [-0.15, -0.1) is 0 Å². The Morgan fingerprint density at radius 1 is 1.53 bits per heavy atom. The Morgan fingerprint density at radius 2 is 2.21 bits per heavy atom. The number of nitrogens with zero attached hydrogens (tertiary/aromatic N) is 2. The van der Waals surface area contributed by atoms with Gasteiger partial charge in [-0.3, -0.25) is 0 Å². The molecule has 1 heterocycles. The molecule has 2 atom stereocenters. The second-order valence-electron chi connectivity index (χ2n) is 4.85. The Kier molecular flexibility index (Phi) is 4.03. The number of carbonyl (C=O) groups is 1. The lowest BCUT2D eigenvalue weighted by Gasteiger charge is -2.18. The van der Waals surface area contributed by atoms with Gasteiger partial charge in [0.05, 0.1) is 17.7 Å². The molecule has 0 spiro atoms. The van der Waals surface area contributed by atoms with Crippen molar-refractivity contribution in [2.75, 3.05) is 18.4 Å². The first-order chi connectivity index (χ1) is 9.10. The van der Waals surface area contributed by atoms with E-state index in [1.54, 1.807) is 36.1 Å². The van der Waals surface area contributed by atoms with Crippen molar-refractivity contribution in [3.05, 3.63) is 29.8 Å². The zero-order chi connectivity index (χ0) is 13.8. The third-order valence-corrected chi connectivity index (χ3v) is 3.46. The molecule has 2 N–H and O–H groups in total. The molecule has 0 saturated carbocycles. The Morgan fingerprint density at radius 3 is 2.74 bits per heavy atom. The fourth-order valence-corrected chi connectivity index (χ4v) is 2.20. The van der Waals surface area contributed by atoms with Crippen LogP contribution < -0.4 is 5.32 Å². The van der Waals surface area contributed by atoms with Crippen molar-refractivity contribution < 1.29 is 9.90 Å². The van der Waals surface area contributed by atoms with E-state index in [2.05, 4.69) is 5.32 Å². The van der Waals surface area contributed by atoms with Crippen LogP contribution in [-0.4, -0.2) is 35.2 Å². The van der Waals surface area contributed by atoms with Gasteiger partial charge in [-0.2, -0.15) is 5.26 Å². The van der Waals surface area contributed by atoms with Gasteiger partial charge in [0.25, 0.3) is 0 Å². The highest BCUT2D eigenvalue weighted by molar-refractivity contribution is 5.89. The number of amides is 2. The predicted octanol–water partition coefficient (Wildman–Crippen LogP) is 1.79. The van der Waals surface area contributed by atoms with Crippen molar-refractivity contribution in [1.29, 1.82) is 5.26 Å². The SMILES string of the molecule is CC(O)C1CCN(C(=O)Nc2ccc(C#N)cc2)C1. The number of nitrogens with one attached hydrogen (secondary N) is 1. The molecule has 0 bridgehead atoms. The van der Waals surface area contributed by atoms with Gasteiger partial charge in [0.15, 0.2) is 0 Å². The van der Waals surface area contributed by atoms with Crippen LogP contribution in [0, 0.1) is 17.2 Å². The maximum absolute atomic E-state index is 12.0. The van der Waals surface area contributed by atoms with Crippen LogP contribution in [-0.2, 0) is 0 Å². The summed E-state index contributed by atoms with van der Waals surface area (Å²) in [6.45, 7) is 3.00. The van der Waals surface area contributed by atoms with Crippen molar-refractivity contribution in [3.8, 4) is 6.07 Å². The fraction of sp³-hybridized carbons (Fsp3) is 0.429. The van der Waals surface area contributed by atoms with Crippen LogP contribution in [0.15, 0.2) is 24.3 Å². The molecule has 2 amide bonds. The van der Waals surface area contributed by atoms with Crippen LogP contribution in [0.3, 0.4) is 0 Å². The van der Waals surface area contributed by atoms with E-state index in [0.717, 1.165) is 6.42 Å². The number of aliphatic hydroxyl groups excluding tert-OH is 1. The van der Waals surface area contributed by atoms with Crippen LogP contribution in [0.25, 0.3) is 0 Å². The molecule has 1 aliphatic heterocycles. The van der Waals surface area contributed by atoms with Crippen molar-refractivity contribution in [2.45, 2.75) is 19.4 Å². The minimum atomic E-state index is -0.382. The number of rotatable bonds is 2. The topological polar surface area (TPSA) is 76.4 Å². The maximum Gasteiger partial charge on any atom is 0.321 e. The molecule has 5 heteroatoms. The van der Waals surface area contributed by atoms with Crippen molar-refractivity contribution in [3.63, 3.8) is 0 Å². The molecule has 1 aromatic carbocycles. The van der Waals surface area contributed by atoms with E-state index in [1.165, 1.54) is 0 Å². The Labute approximate surface area is 112 Å². The van der Waals surface area contributed by atoms with Gasteiger partial charge in [-0.25, -0.2) is 4.79 Å². The van der Waals surface area contributed by atoms with E-state index in [0.29, 0.717) is 24.3 Å². The number of aliphatic hydroxyl groups is 1. The predicted molar refractivity (Wildman–Crippen MR) is 71.5 cm³/mol. The maximum atomic E-state index is 12.0. The summed E-state index contributed by atoms with van der Waals surface area (Å²) in [5.41, 5.74) is 1.23. The highest BCUT2D eigenvalue weighted by Crippen LogP contribution is 2.20. The summed E-state index contributed by atoms with van der Waals surface area (Å²) in [6, 6.07) is 8.61. The van der Waals surface area contributed by atoms with Crippen LogP contribution in [0.2, 0.25) is 0 Å². The summed E-state index contributed by atoms with van der Waals surface area (Å²) in [6.07, 6.45) is 0.450. The summed E-state index contributed by atoms with van der Waals surface area (Å²) < 4.78 is 0. The molecule has 1 aliphatic rings. The highest BCUT2D eigenvalue weighted by atomic mass is 16.3. The number of carbonyl (C=O) groups excluding carboxylic acids is 1. The summed E-state index contributed by atoms with van der Waals surface area (Å²) in [5.74, 6) is 0.159. The molecular formula is C14H17N3O2. The lowest BCUT2D eigenvalue weighted by Crippen LogP contribution is -2.34. The molecule has 0 aromatic heterocycles. The normalized spacial score (nSPS) is 19.8. The van der Waals surface area contributed by atoms with Crippen LogP contribution in [0.4, 0.5) is 10.5 Å². The molecule has 19 heavy (non-hydrogen) atoms. The molecule has 100 valence electrons. The highest BCUT2D eigenvalue weighted by Gasteiger charge is 2.28. The molecular weight excluding hydrogens is 242 g/mol. The van der Waals surface area contributed by atoms with Gasteiger partial charge in [-0.05, 0) is 37.6 Å². The number of benzene rings is 1. The summed E-state index contributed by atoms with van der Waals surface area (Å²) in [4.78, 5) is 13.7. The average molecular weight is 259 g/mol. The van der Waals surface area contributed by atoms with E-state index >= 15 is 0 Å². The summed E-state index contributed by atoms with van der Waals surface area (Å²) in [5, 5.41) is 21.0. The Balaban J connectivity index is 1.92. The number of urea groups is 1. The van der Waals surface area contributed by atoms with Crippen molar-refractivity contribution in [2.24, 2.45) is 5.92 Å². The quantitative estimate of drug-likeness (QED) is 0.850. The number of nitriles is 1. The van der Waals surface area contributed by atoms with Gasteiger partial charge in [0.1, 0.15) is 0 Å². The smallest absolute Gasteiger partial charge is 0.321 e. The molecule has 2 unspecified atom stereocenters. The average Bonchev–Trinajstić information content (AvgIpc) is 2.89. The van der Waals surface area contributed by atoms with E-state index in [4.69, 9.17) is 5.26 Å². The van der Waals surface area contributed by atoms with Gasteiger partial charge >= 0.3 is 6.03 Å². The molecule has 1 fully saturated rings. The molecule has 1 saturated heterocycles. The van der Waals surface area contributed by atoms with E-state index < -0.39 is 0 Å². The fourth-order valence-electron chi connectivity index (χ4n) is 2.20. The molecule has 1 aromatic rings. The minimum absolute atomic E-state index is 0.159. The van der Waals surface area contributed by atoms with Gasteiger partial charge in [-0.1, -0.05) is 0 Å². The summed E-state index contributed by atoms with van der Waals surface area (Å²) in [7, 11) is 0. The minimum Gasteiger partial charge on any atom is -0.393 e. The van der Waals surface area contributed by atoms with Crippen LogP contribution in [0.5, 0.6) is 0 Å². The second kappa shape index (κ2) is 5.72. The van der Waals surface area contributed by atoms with Gasteiger partial charge in [0, 0.05) is 24.7 Å². The largest absolute Gasteiger partial charge is 0.393 e. The first-order valence-electron chi connectivity index (χ1n) is 6.34. The number of hydrogen-bond acceptors (Lipinski definition) is 3. The van der Waals surface area contributed by atoms with Crippen molar-refractivity contribution >= 4 is 11.7 Å². The first kappa shape index (κ1) is 13.4. The van der Waals surface area contributed by atoms with Gasteiger partial charge in [0.2, 0.25) is 0 Å².